The summed E-state index contributed by atoms with van der Waals surface area (Å²) >= 11 is 0. The Bertz CT molecular complexity index is 101. The molecule has 1 heteroatoms. The first-order chi connectivity index (χ1) is 6.24. The first-order valence-electron chi connectivity index (χ1n) is 6.24. The van der Waals surface area contributed by atoms with Gasteiger partial charge in [0.25, 0.3) is 0 Å². The molecular weight excluding hydrogens is 175 g/mol. The van der Waals surface area contributed by atoms with E-state index in [9.17, 15) is 0 Å². The molecular formula is C12H30P+. The summed E-state index contributed by atoms with van der Waals surface area (Å²) in [5.74, 6) is 0. The molecule has 0 aromatic carbocycles. The van der Waals surface area contributed by atoms with Crippen molar-refractivity contribution in [1.29, 1.82) is 0 Å². The number of unbranched alkanes of at least 4 members (excludes halogenated alkanes) is 2. The molecule has 0 aromatic heterocycles. The summed E-state index contributed by atoms with van der Waals surface area (Å²) in [6, 6.07) is 0. The molecule has 82 valence electrons. The van der Waals surface area contributed by atoms with Crippen LogP contribution in [-0.2, 0) is 0 Å². The number of hydrogen-bond donors (Lipinski definition) is 0. The molecule has 0 atom stereocenters. The molecule has 0 spiro atoms. The zero-order valence-corrected chi connectivity index (χ0v) is 11.2. The average Bonchev–Trinajstić information content (AvgIpc) is 2.20. The van der Waals surface area contributed by atoms with E-state index >= 15 is 0 Å². The Morgan fingerprint density at radius 2 is 1.15 bits per heavy atom. The molecule has 0 unspecified atom stereocenters. The molecule has 0 nitrogen and oxygen atoms in total. The zero-order valence-electron chi connectivity index (χ0n) is 11.2. The fourth-order valence-corrected chi connectivity index (χ4v) is 6.56. The Morgan fingerprint density at radius 1 is 0.769 bits per heavy atom. The van der Waals surface area contributed by atoms with Crippen molar-refractivity contribution < 1.29 is 1.43 Å². The molecule has 0 fully saturated rings. The number of hydrogen-bond acceptors (Lipinski definition) is 0. The summed E-state index contributed by atoms with van der Waals surface area (Å²) in [4.78, 5) is 0. The average molecular weight is 205 g/mol. The van der Waals surface area contributed by atoms with Gasteiger partial charge >= 0.3 is 86.7 Å². The molecule has 0 aromatic rings. The van der Waals surface area contributed by atoms with Gasteiger partial charge in [0.05, 0.1) is 0 Å². The second-order valence-corrected chi connectivity index (χ2v) is 9.83. The molecule has 0 aliphatic carbocycles. The van der Waals surface area contributed by atoms with Crippen molar-refractivity contribution in [3.63, 3.8) is 0 Å². The Hall–Kier alpha value is 0.430. The third-order valence-corrected chi connectivity index (χ3v) is 9.45. The van der Waals surface area contributed by atoms with Crippen LogP contribution in [0.5, 0.6) is 0 Å². The predicted octanol–water partition coefficient (Wildman–Crippen LogP) is 4.49. The fraction of sp³-hybridized carbons (Fsp3) is 1.00. The summed E-state index contributed by atoms with van der Waals surface area (Å²) in [6.07, 6.45) is 12.0. The normalized spacial score (nSPS) is 13.2. The van der Waals surface area contributed by atoms with Gasteiger partial charge in [0.15, 0.2) is 0 Å². The summed E-state index contributed by atoms with van der Waals surface area (Å²) in [6.45, 7) is 9.51. The van der Waals surface area contributed by atoms with E-state index in [1.54, 1.807) is 12.3 Å². The van der Waals surface area contributed by atoms with Crippen LogP contribution >= 0.6 is 7.26 Å². The van der Waals surface area contributed by atoms with Crippen molar-refractivity contribution in [3.05, 3.63) is 0 Å². The molecule has 0 saturated heterocycles. The summed E-state index contributed by atoms with van der Waals surface area (Å²) in [5.41, 5.74) is 0. The first kappa shape index (κ1) is 13.4. The Morgan fingerprint density at radius 3 is 1.38 bits per heavy atom. The molecule has 0 amide bonds. The van der Waals surface area contributed by atoms with Crippen LogP contribution in [-0.4, -0.2) is 24.6 Å². The third-order valence-electron chi connectivity index (χ3n) is 3.62. The first-order valence-corrected chi connectivity index (χ1v) is 9.07. The maximum absolute atomic E-state index is 2.43. The minimum Gasteiger partial charge on any atom is 1.00 e. The largest absolute Gasteiger partial charge is 1.00 e. The van der Waals surface area contributed by atoms with Gasteiger partial charge in [-0.15, -0.1) is 0 Å². The molecule has 0 bridgehead atoms. The van der Waals surface area contributed by atoms with Gasteiger partial charge in [-0.2, -0.15) is 0 Å². The van der Waals surface area contributed by atoms with Gasteiger partial charge < -0.3 is 0 Å². The van der Waals surface area contributed by atoms with Crippen LogP contribution in [0.2, 0.25) is 0 Å². The van der Waals surface area contributed by atoms with Gasteiger partial charge in [0, 0.05) is 0 Å². The van der Waals surface area contributed by atoms with E-state index in [2.05, 4.69) is 27.7 Å². The van der Waals surface area contributed by atoms with Crippen molar-refractivity contribution in [1.82, 2.24) is 0 Å². The second kappa shape index (κ2) is 7.80. The summed E-state index contributed by atoms with van der Waals surface area (Å²) in [5, 5.41) is 0. The van der Waals surface area contributed by atoms with Gasteiger partial charge in [-0.3, -0.25) is 0 Å². The van der Waals surface area contributed by atoms with Crippen LogP contribution in [0.25, 0.3) is 0 Å². The van der Waals surface area contributed by atoms with E-state index < -0.39 is 7.26 Å². The van der Waals surface area contributed by atoms with Gasteiger partial charge in [-0.05, 0) is 0 Å². The maximum Gasteiger partial charge on any atom is 1.00 e. The van der Waals surface area contributed by atoms with Crippen molar-refractivity contribution >= 4 is 7.26 Å². The van der Waals surface area contributed by atoms with Crippen LogP contribution in [0.4, 0.5) is 0 Å². The van der Waals surface area contributed by atoms with Crippen LogP contribution in [0.3, 0.4) is 0 Å². The Labute approximate surface area is 87.3 Å². The molecule has 0 radical (unpaired) electrons. The molecule has 0 rings (SSSR count). The van der Waals surface area contributed by atoms with Crippen LogP contribution in [0.15, 0.2) is 0 Å². The van der Waals surface area contributed by atoms with Crippen LogP contribution < -0.4 is 0 Å². The van der Waals surface area contributed by atoms with E-state index in [1.165, 1.54) is 38.0 Å². The summed E-state index contributed by atoms with van der Waals surface area (Å²) in [7, 11) is -0.785. The predicted molar refractivity (Wildman–Crippen MR) is 70.1 cm³/mol. The monoisotopic (exact) mass is 205 g/mol. The molecule has 0 saturated carbocycles. The van der Waals surface area contributed by atoms with Gasteiger partial charge in [0.1, 0.15) is 0 Å². The number of rotatable bonds is 8. The van der Waals surface area contributed by atoms with Gasteiger partial charge in [0.2, 0.25) is 0 Å². The SMILES string of the molecule is CCCC[PH](CC)(CC)CCCC.[H+]. The Kier molecular flexibility index (Phi) is 8.06. The summed E-state index contributed by atoms with van der Waals surface area (Å²) < 4.78 is 0. The Balaban J connectivity index is 0. The van der Waals surface area contributed by atoms with Gasteiger partial charge in [-0.25, -0.2) is 0 Å². The van der Waals surface area contributed by atoms with E-state index in [1.807, 2.05) is 0 Å². The van der Waals surface area contributed by atoms with Crippen molar-refractivity contribution in [3.8, 4) is 0 Å². The van der Waals surface area contributed by atoms with Crippen LogP contribution in [0.1, 0.15) is 54.8 Å². The van der Waals surface area contributed by atoms with Gasteiger partial charge in [-0.1, -0.05) is 0 Å². The van der Waals surface area contributed by atoms with Crippen molar-refractivity contribution in [2.75, 3.05) is 24.6 Å². The maximum atomic E-state index is 2.43. The quantitative estimate of drug-likeness (QED) is 0.512. The molecule has 0 heterocycles. The fourth-order valence-electron chi connectivity index (χ4n) is 2.19. The van der Waals surface area contributed by atoms with E-state index in [0.717, 1.165) is 0 Å². The molecule has 13 heavy (non-hydrogen) atoms. The standard InChI is InChI=1S/C12H29P/c1-5-9-11-13(7-3,8-4)12-10-6-2/h13H,5-12H2,1-4H3/p+1. The minimum absolute atomic E-state index is 0. The van der Waals surface area contributed by atoms with E-state index in [-0.39, 0.29) is 1.43 Å². The minimum atomic E-state index is -0.785. The van der Waals surface area contributed by atoms with E-state index in [4.69, 9.17) is 0 Å². The topological polar surface area (TPSA) is 0 Å². The molecule has 0 aliphatic rings. The second-order valence-electron chi connectivity index (χ2n) is 4.41. The molecule has 0 N–H and O–H groups in total. The van der Waals surface area contributed by atoms with Crippen molar-refractivity contribution in [2.45, 2.75) is 53.4 Å². The van der Waals surface area contributed by atoms with Crippen LogP contribution in [0, 0.1) is 0 Å². The van der Waals surface area contributed by atoms with Crippen molar-refractivity contribution in [2.24, 2.45) is 0 Å². The van der Waals surface area contributed by atoms with E-state index in [0.29, 0.717) is 0 Å². The molecule has 0 aliphatic heterocycles. The zero-order chi connectivity index (χ0) is 10.2. The smallest absolute Gasteiger partial charge is 1.00 e. The third kappa shape index (κ3) is 5.01.